The van der Waals surface area contributed by atoms with E-state index in [1.807, 2.05) is 66.2 Å². The normalized spacial score (nSPS) is 15.9. The smallest absolute Gasteiger partial charge is 0.131 e. The van der Waals surface area contributed by atoms with E-state index in [0.29, 0.717) is 63.3 Å². The molecule has 0 radical (unpaired) electrons. The molecule has 0 spiro atoms. The minimum absolute atomic E-state index is 0.0368. The summed E-state index contributed by atoms with van der Waals surface area (Å²) in [6, 6.07) is 38.6. The van der Waals surface area contributed by atoms with Crippen molar-refractivity contribution in [3.05, 3.63) is 176 Å². The van der Waals surface area contributed by atoms with Crippen molar-refractivity contribution in [2.45, 2.75) is 281 Å². The van der Waals surface area contributed by atoms with Gasteiger partial charge < -0.3 is 56.8 Å². The van der Waals surface area contributed by atoms with Crippen molar-refractivity contribution < 1.29 is 56.8 Å². The summed E-state index contributed by atoms with van der Waals surface area (Å²) in [4.78, 5) is 0. The Hall–Kier alpha value is -6.12. The van der Waals surface area contributed by atoms with E-state index in [4.69, 9.17) is 56.8 Å². The zero-order chi connectivity index (χ0) is 78.9. The van der Waals surface area contributed by atoms with Crippen LogP contribution in [-0.4, -0.2) is 82.3 Å². The summed E-state index contributed by atoms with van der Waals surface area (Å²) >= 11 is 0. The molecule has 0 aromatic heterocycles. The Kier molecular flexibility index (Phi) is 35.5. The molecule has 0 bridgehead atoms. The highest BCUT2D eigenvalue weighted by molar-refractivity contribution is 5.51. The van der Waals surface area contributed by atoms with Gasteiger partial charge in [0.05, 0.1) is 35.6 Å². The third-order valence-electron chi connectivity index (χ3n) is 22.8. The van der Waals surface area contributed by atoms with Gasteiger partial charge >= 0.3 is 0 Å². The van der Waals surface area contributed by atoms with Crippen LogP contribution in [0.4, 0.5) is 0 Å². The van der Waals surface area contributed by atoms with E-state index in [-0.39, 0.29) is 40.7 Å². The van der Waals surface area contributed by atoms with Gasteiger partial charge in [-0.05, 0) is 228 Å². The highest BCUT2D eigenvalue weighted by Crippen LogP contribution is 2.50. The van der Waals surface area contributed by atoms with E-state index in [9.17, 15) is 0 Å². The van der Waals surface area contributed by atoms with Crippen LogP contribution in [0.25, 0.3) is 0 Å². The predicted octanol–water partition coefficient (Wildman–Crippen LogP) is 25.1. The Morgan fingerprint density at radius 1 is 0.374 bits per heavy atom. The summed E-state index contributed by atoms with van der Waals surface area (Å²) < 4.78 is 73.9. The molecule has 0 heterocycles. The van der Waals surface area contributed by atoms with Crippen LogP contribution in [0.15, 0.2) is 109 Å². The van der Waals surface area contributed by atoms with Crippen molar-refractivity contribution in [3.8, 4) is 34.5 Å². The molecule has 0 N–H and O–H groups in total. The number of benzene rings is 6. The molecule has 6 atom stereocenters. The molecule has 596 valence electrons. The maximum Gasteiger partial charge on any atom is 0.131 e. The monoisotopic (exact) mass is 1480 g/mol. The zero-order valence-electron chi connectivity index (χ0n) is 71.6. The number of ether oxygens (including phenoxy) is 12. The molecular weight excluding hydrogens is 1330 g/mol. The van der Waals surface area contributed by atoms with E-state index < -0.39 is 11.2 Å². The maximum atomic E-state index is 6.75. The van der Waals surface area contributed by atoms with Crippen LogP contribution in [-0.2, 0) is 51.5 Å². The molecule has 6 aromatic rings. The number of hydrogen-bond acceptors (Lipinski definition) is 12. The Labute approximate surface area is 650 Å². The average molecular weight is 1480 g/mol. The van der Waals surface area contributed by atoms with Crippen molar-refractivity contribution in [2.24, 2.45) is 22.7 Å². The van der Waals surface area contributed by atoms with Crippen LogP contribution in [0.3, 0.4) is 0 Å². The fourth-order valence-electron chi connectivity index (χ4n) is 15.2. The molecule has 0 aliphatic heterocycles. The molecule has 2 aliphatic carbocycles. The van der Waals surface area contributed by atoms with E-state index in [1.165, 1.54) is 97.6 Å². The molecule has 107 heavy (non-hydrogen) atoms. The molecule has 0 amide bonds. The lowest BCUT2D eigenvalue weighted by molar-refractivity contribution is 0.00570. The largest absolute Gasteiger partial charge is 0.490 e. The van der Waals surface area contributed by atoms with Gasteiger partial charge in [-0.15, -0.1) is 0 Å². The first-order chi connectivity index (χ1) is 50.8. The van der Waals surface area contributed by atoms with Gasteiger partial charge in [0.1, 0.15) is 74.1 Å². The molecule has 0 saturated heterocycles. The Morgan fingerprint density at radius 2 is 0.701 bits per heavy atom. The van der Waals surface area contributed by atoms with Crippen LogP contribution >= 0.6 is 0 Å². The van der Waals surface area contributed by atoms with E-state index >= 15 is 0 Å². The molecule has 12 heteroatoms. The van der Waals surface area contributed by atoms with Gasteiger partial charge in [0.2, 0.25) is 0 Å². The summed E-state index contributed by atoms with van der Waals surface area (Å²) in [6.07, 6.45) is 16.8. The Bertz CT molecular complexity index is 3420. The third kappa shape index (κ3) is 25.5. The summed E-state index contributed by atoms with van der Waals surface area (Å²) in [6.45, 7) is 46.2. The van der Waals surface area contributed by atoms with Gasteiger partial charge in [-0.3, -0.25) is 0 Å². The van der Waals surface area contributed by atoms with E-state index in [0.717, 1.165) is 93.6 Å². The second-order valence-corrected chi connectivity index (χ2v) is 34.0. The highest BCUT2D eigenvalue weighted by atomic mass is 16.5. The quantitative estimate of drug-likeness (QED) is 0.0349. The minimum atomic E-state index is -0.493. The van der Waals surface area contributed by atoms with Gasteiger partial charge in [-0.25, -0.2) is 0 Å². The average Bonchev–Trinajstić information content (AvgIpc) is 0.780. The van der Waals surface area contributed by atoms with Crippen molar-refractivity contribution >= 4 is 0 Å². The maximum absolute atomic E-state index is 6.75. The van der Waals surface area contributed by atoms with Crippen LogP contribution in [0, 0.1) is 36.5 Å². The van der Waals surface area contributed by atoms with Gasteiger partial charge in [0.15, 0.2) is 0 Å². The molecule has 2 saturated carbocycles. The molecule has 6 unspecified atom stereocenters. The number of aryl methyl sites for hydroxylation is 3. The van der Waals surface area contributed by atoms with Gasteiger partial charge in [0, 0.05) is 76.0 Å². The van der Waals surface area contributed by atoms with E-state index in [2.05, 4.69) is 196 Å². The Balaban J connectivity index is 0.000000254. The molecule has 12 nitrogen and oxygen atoms in total. The molecule has 6 aromatic carbocycles. The van der Waals surface area contributed by atoms with Crippen molar-refractivity contribution in [3.63, 3.8) is 0 Å². The Morgan fingerprint density at radius 3 is 1.01 bits per heavy atom. The van der Waals surface area contributed by atoms with Crippen LogP contribution in [0.5, 0.6) is 34.5 Å². The first-order valence-electron chi connectivity index (χ1n) is 40.6. The molecule has 2 fully saturated rings. The SMILES string of the molecule is CCC(C)c1ccc(OCCOc2c(C(C)(C)OC)cc(C)cc2C(C)(C)OC)cc1.CCC(C)c1ccc(OCCOc2c(C(OC)C(C)(C)C)cc(C)cc2C(OC)C(C)(C)C)cc1.CCc1cc(C(OC)C2CCCCC2)c(OCCOc2ccc(C(C)(C)CC)cc2)c(C(OC)C2CCCCC2)c1. The van der Waals surface area contributed by atoms with Gasteiger partial charge in [-0.2, -0.15) is 0 Å². The van der Waals surface area contributed by atoms with E-state index in [1.54, 1.807) is 28.4 Å². The number of methoxy groups -OCH3 is 6. The topological polar surface area (TPSA) is 111 Å². The van der Waals surface area contributed by atoms with Gasteiger partial charge in [-0.1, -0.05) is 183 Å². The second-order valence-electron chi connectivity index (χ2n) is 34.0. The first kappa shape index (κ1) is 89.8. The second kappa shape index (κ2) is 42.3. The fourth-order valence-corrected chi connectivity index (χ4v) is 15.2. The molecule has 2 aliphatic rings. The van der Waals surface area contributed by atoms with Crippen molar-refractivity contribution in [1.82, 2.24) is 0 Å². The van der Waals surface area contributed by atoms with Crippen LogP contribution < -0.4 is 28.4 Å². The zero-order valence-corrected chi connectivity index (χ0v) is 71.6. The standard InChI is InChI=1S/C37H56O4.C31H48O4.C27H40O4/c1-7-27-25-32(34(38-5)28-15-11-9-12-16-28)36(33(26-27)35(39-6)29-17-13-10-14-18-29)41-24-23-40-31-21-19-30(20-22-31)37(3,4)8-2;1-12-22(3)23-13-15-24(16-14-23)34-17-18-35-27-25(28(32-10)30(4,5)6)19-21(2)20-26(27)29(33-11)31(7,8)9;1-10-20(3)21-11-13-22(14-12-21)30-15-16-31-25-23(26(4,5)28-8)17-19(2)18-24(25)27(6,7)29-9/h19-22,25-26,28-29,34-35H,7-18,23-24H2,1-6H3;13-16,19-20,22,28-29H,12,17-18H2,1-11H3;11-14,17-18,20H,10,15-16H2,1-9H3. The third-order valence-corrected chi connectivity index (χ3v) is 22.8. The summed E-state index contributed by atoms with van der Waals surface area (Å²) in [5.41, 5.74) is 13.2. The summed E-state index contributed by atoms with van der Waals surface area (Å²) in [5, 5.41) is 0. The molecular formula is C95H144O12. The first-order valence-corrected chi connectivity index (χ1v) is 40.6. The number of rotatable bonds is 36. The van der Waals surface area contributed by atoms with Gasteiger partial charge in [0.25, 0.3) is 0 Å². The number of hydrogen-bond donors (Lipinski definition) is 0. The van der Waals surface area contributed by atoms with Crippen LogP contribution in [0.2, 0.25) is 0 Å². The minimum Gasteiger partial charge on any atom is -0.490 e. The lowest BCUT2D eigenvalue weighted by atomic mass is 9.79. The summed E-state index contributed by atoms with van der Waals surface area (Å²) in [7, 11) is 10.7. The van der Waals surface area contributed by atoms with Crippen molar-refractivity contribution in [1.29, 1.82) is 0 Å². The fraction of sp³-hybridized carbons (Fsp3) is 0.621. The summed E-state index contributed by atoms with van der Waals surface area (Å²) in [5.74, 6) is 7.38. The predicted molar refractivity (Wildman–Crippen MR) is 442 cm³/mol. The lowest BCUT2D eigenvalue weighted by Gasteiger charge is -2.35. The van der Waals surface area contributed by atoms with Crippen molar-refractivity contribution in [2.75, 3.05) is 82.3 Å². The highest BCUT2D eigenvalue weighted by Gasteiger charge is 2.38. The molecule has 8 rings (SSSR count). The van der Waals surface area contributed by atoms with Crippen LogP contribution in [0.1, 0.15) is 311 Å². The lowest BCUT2D eigenvalue weighted by Crippen LogP contribution is -2.27.